The molecular weight excluding hydrogens is 552 g/mol. The fraction of sp³-hybridized carbons (Fsp3) is 0.562. The van der Waals surface area contributed by atoms with E-state index in [1.54, 1.807) is 0 Å². The van der Waals surface area contributed by atoms with Crippen molar-refractivity contribution in [1.29, 1.82) is 5.26 Å². The lowest BCUT2D eigenvalue weighted by atomic mass is 9.88. The third kappa shape index (κ3) is 8.00. The van der Waals surface area contributed by atoms with Crippen LogP contribution in [-0.4, -0.2) is 63.8 Å². The van der Waals surface area contributed by atoms with Crippen LogP contribution in [0.5, 0.6) is 11.5 Å². The molecule has 10 heteroatoms. The fourth-order valence-corrected chi connectivity index (χ4v) is 5.82. The van der Waals surface area contributed by atoms with Crippen LogP contribution in [-0.2, 0) is 4.79 Å². The molecule has 2 aromatic carbocycles. The van der Waals surface area contributed by atoms with Gasteiger partial charge in [0.25, 0.3) is 0 Å². The minimum Gasteiger partial charge on any atom is -0.492 e. The van der Waals surface area contributed by atoms with Crippen LogP contribution >= 0.6 is 11.6 Å². The van der Waals surface area contributed by atoms with E-state index in [2.05, 4.69) is 39.2 Å². The third-order valence-electron chi connectivity index (χ3n) is 8.09. The van der Waals surface area contributed by atoms with Crippen LogP contribution in [0.15, 0.2) is 24.3 Å². The summed E-state index contributed by atoms with van der Waals surface area (Å²) in [6, 6.07) is 10.1. The largest absolute Gasteiger partial charge is 0.492 e. The lowest BCUT2D eigenvalue weighted by Gasteiger charge is -2.33. The number of hydrogen-bond acceptors (Lipinski definition) is 8. The van der Waals surface area contributed by atoms with Gasteiger partial charge in [0.15, 0.2) is 0 Å². The summed E-state index contributed by atoms with van der Waals surface area (Å²) in [5.74, 6) is 1.38. The number of nitrogens with zero attached hydrogens (tertiary/aromatic N) is 2. The van der Waals surface area contributed by atoms with Crippen molar-refractivity contribution in [3.05, 3.63) is 40.4 Å². The van der Waals surface area contributed by atoms with E-state index < -0.39 is 0 Å². The third-order valence-corrected chi connectivity index (χ3v) is 8.38. The first-order chi connectivity index (χ1) is 20.2. The zero-order valence-electron chi connectivity index (χ0n) is 25.5. The highest BCUT2D eigenvalue weighted by Crippen LogP contribution is 2.43. The van der Waals surface area contributed by atoms with Crippen molar-refractivity contribution < 1.29 is 14.3 Å². The molecule has 0 radical (unpaired) electrons. The standard InChI is InChI=1S/C32H45ClN6O3/c1-6-41-30-16-26-23(14-27(30)37-31(40)10-8-12-39(4)5)32(22(17-34)18-36-26)38-25-15-24(33)29(13-21(25)3)42-19-28-20(2)9-7-11-35-28/h13-16,20,22,28,32,35-36,38H,6-12,18-19H2,1-5H3,(H,37,40). The van der Waals surface area contributed by atoms with E-state index in [0.29, 0.717) is 60.3 Å². The van der Waals surface area contributed by atoms with Crippen molar-refractivity contribution in [2.24, 2.45) is 11.8 Å². The van der Waals surface area contributed by atoms with Crippen molar-refractivity contribution in [2.45, 2.75) is 58.5 Å². The predicted octanol–water partition coefficient (Wildman–Crippen LogP) is 5.81. The number of hydrogen-bond donors (Lipinski definition) is 4. The highest BCUT2D eigenvalue weighted by Gasteiger charge is 2.32. The number of carbonyl (C=O) groups is 1. The molecule has 228 valence electrons. The lowest BCUT2D eigenvalue weighted by molar-refractivity contribution is -0.116. The van der Waals surface area contributed by atoms with Crippen LogP contribution < -0.4 is 30.7 Å². The summed E-state index contributed by atoms with van der Waals surface area (Å²) < 4.78 is 12.1. The Hall–Kier alpha value is -3.19. The number of anilines is 3. The number of amides is 1. The SMILES string of the molecule is CCOc1cc2c(cc1NC(=O)CCCN(C)C)C(Nc1cc(Cl)c(OCC3NCCCC3C)cc1C)C(C#N)CN2. The molecule has 0 aromatic heterocycles. The molecule has 0 aliphatic carbocycles. The molecule has 9 nitrogen and oxygen atoms in total. The van der Waals surface area contributed by atoms with Gasteiger partial charge in [0.05, 0.1) is 35.3 Å². The molecule has 1 fully saturated rings. The second kappa shape index (κ2) is 14.8. The maximum Gasteiger partial charge on any atom is 0.224 e. The van der Waals surface area contributed by atoms with Crippen LogP contribution in [0.2, 0.25) is 5.02 Å². The van der Waals surface area contributed by atoms with E-state index in [4.69, 9.17) is 21.1 Å². The first-order valence-electron chi connectivity index (χ1n) is 15.0. The molecule has 0 bridgehead atoms. The number of benzene rings is 2. The Morgan fingerprint density at radius 1 is 1.19 bits per heavy atom. The maximum atomic E-state index is 12.8. The summed E-state index contributed by atoms with van der Waals surface area (Å²) >= 11 is 6.71. The van der Waals surface area contributed by atoms with Gasteiger partial charge in [-0.1, -0.05) is 18.5 Å². The Morgan fingerprint density at radius 3 is 2.71 bits per heavy atom. The smallest absolute Gasteiger partial charge is 0.224 e. The zero-order valence-corrected chi connectivity index (χ0v) is 26.2. The summed E-state index contributed by atoms with van der Waals surface area (Å²) in [6.45, 7) is 9.53. The number of rotatable bonds is 12. The highest BCUT2D eigenvalue weighted by molar-refractivity contribution is 6.32. The number of ether oxygens (including phenoxy) is 2. The molecule has 2 aromatic rings. The van der Waals surface area contributed by atoms with Crippen molar-refractivity contribution in [1.82, 2.24) is 10.2 Å². The van der Waals surface area contributed by atoms with E-state index >= 15 is 0 Å². The zero-order chi connectivity index (χ0) is 30.2. The molecule has 2 heterocycles. The molecule has 4 N–H and O–H groups in total. The number of nitriles is 1. The number of fused-ring (bicyclic) bond motifs is 1. The molecule has 0 saturated carbocycles. The van der Waals surface area contributed by atoms with Crippen LogP contribution in [0, 0.1) is 30.1 Å². The highest BCUT2D eigenvalue weighted by atomic mass is 35.5. The lowest BCUT2D eigenvalue weighted by Crippen LogP contribution is -2.44. The fourth-order valence-electron chi connectivity index (χ4n) is 5.61. The summed E-state index contributed by atoms with van der Waals surface area (Å²) in [4.78, 5) is 14.9. The van der Waals surface area contributed by atoms with Crippen molar-refractivity contribution in [2.75, 3.05) is 62.9 Å². The topological polar surface area (TPSA) is 111 Å². The Labute approximate surface area is 255 Å². The van der Waals surface area contributed by atoms with Gasteiger partial charge in [-0.15, -0.1) is 0 Å². The van der Waals surface area contributed by atoms with Crippen molar-refractivity contribution >= 4 is 34.6 Å². The van der Waals surface area contributed by atoms with E-state index in [0.717, 1.165) is 42.0 Å². The monoisotopic (exact) mass is 596 g/mol. The van der Waals surface area contributed by atoms with Gasteiger partial charge in [-0.05, 0) is 90.0 Å². The van der Waals surface area contributed by atoms with Gasteiger partial charge in [-0.25, -0.2) is 0 Å². The Bertz CT molecular complexity index is 1280. The van der Waals surface area contributed by atoms with Crippen LogP contribution in [0.3, 0.4) is 0 Å². The first-order valence-corrected chi connectivity index (χ1v) is 15.4. The molecule has 4 atom stereocenters. The molecule has 2 aliphatic heterocycles. The summed E-state index contributed by atoms with van der Waals surface area (Å²) in [5.41, 5.74) is 4.15. The number of halogens is 1. The van der Waals surface area contributed by atoms with Crippen LogP contribution in [0.25, 0.3) is 0 Å². The molecule has 4 rings (SSSR count). The van der Waals surface area contributed by atoms with E-state index in [9.17, 15) is 10.1 Å². The second-order valence-corrected chi connectivity index (χ2v) is 12.1. The summed E-state index contributed by atoms with van der Waals surface area (Å²) in [5, 5.41) is 24.1. The van der Waals surface area contributed by atoms with Gasteiger partial charge in [0.1, 0.15) is 18.1 Å². The summed E-state index contributed by atoms with van der Waals surface area (Å²) in [6.07, 6.45) is 3.55. The predicted molar refractivity (Wildman–Crippen MR) is 170 cm³/mol. The quantitative estimate of drug-likeness (QED) is 0.243. The molecule has 0 spiro atoms. The number of carbonyl (C=O) groups excluding carboxylic acids is 1. The van der Waals surface area contributed by atoms with Crippen molar-refractivity contribution in [3.8, 4) is 17.6 Å². The molecule has 2 aliphatic rings. The van der Waals surface area contributed by atoms with Gasteiger partial charge in [0, 0.05) is 42.0 Å². The first kappa shape index (κ1) is 31.7. The van der Waals surface area contributed by atoms with Crippen molar-refractivity contribution in [3.63, 3.8) is 0 Å². The van der Waals surface area contributed by atoms with Gasteiger partial charge in [-0.2, -0.15) is 5.26 Å². The van der Waals surface area contributed by atoms with E-state index in [1.807, 2.05) is 52.2 Å². The number of aryl methyl sites for hydroxylation is 1. The Balaban J connectivity index is 1.56. The molecule has 1 amide bonds. The van der Waals surface area contributed by atoms with Gasteiger partial charge in [-0.3, -0.25) is 4.79 Å². The minimum absolute atomic E-state index is 0.0705. The second-order valence-electron chi connectivity index (χ2n) is 11.7. The maximum absolute atomic E-state index is 12.8. The molecule has 4 unspecified atom stereocenters. The average Bonchev–Trinajstić information content (AvgIpc) is 2.95. The average molecular weight is 597 g/mol. The number of piperidine rings is 1. The van der Waals surface area contributed by atoms with Gasteiger partial charge < -0.3 is 35.6 Å². The Kier molecular flexibility index (Phi) is 11.2. The van der Waals surface area contributed by atoms with E-state index in [1.165, 1.54) is 12.8 Å². The molecule has 1 saturated heterocycles. The Morgan fingerprint density at radius 2 is 2.00 bits per heavy atom. The normalized spacial score (nSPS) is 21.6. The summed E-state index contributed by atoms with van der Waals surface area (Å²) in [7, 11) is 3.98. The minimum atomic E-state index is -0.355. The number of nitrogens with one attached hydrogen (secondary N) is 4. The van der Waals surface area contributed by atoms with Crippen LogP contribution in [0.1, 0.15) is 56.7 Å². The molecular formula is C32H45ClN6O3. The van der Waals surface area contributed by atoms with E-state index in [-0.39, 0.29) is 17.9 Å². The van der Waals surface area contributed by atoms with Crippen LogP contribution in [0.4, 0.5) is 17.1 Å². The van der Waals surface area contributed by atoms with Gasteiger partial charge >= 0.3 is 0 Å². The van der Waals surface area contributed by atoms with Gasteiger partial charge in [0.2, 0.25) is 5.91 Å². The molecule has 42 heavy (non-hydrogen) atoms.